The summed E-state index contributed by atoms with van der Waals surface area (Å²) in [5, 5.41) is 0. The number of benzene rings is 2. The van der Waals surface area contributed by atoms with Crippen molar-refractivity contribution < 1.29 is 18.7 Å². The van der Waals surface area contributed by atoms with Gasteiger partial charge >= 0.3 is 0 Å². The maximum atomic E-state index is 13.8. The Kier molecular flexibility index (Phi) is 3.37. The number of fused-ring (bicyclic) bond motifs is 1. The molecule has 2 aromatic carbocycles. The summed E-state index contributed by atoms with van der Waals surface area (Å²) >= 11 is 0. The van der Waals surface area contributed by atoms with Crippen molar-refractivity contribution in [3.05, 3.63) is 59.4 Å². The average Bonchev–Trinajstić information content (AvgIpc) is 2.97. The monoisotopic (exact) mass is 286 g/mol. The molecule has 1 unspecified atom stereocenters. The highest BCUT2D eigenvalue weighted by atomic mass is 19.1. The first-order chi connectivity index (χ1) is 10.1. The molecule has 2 aromatic rings. The highest BCUT2D eigenvalue weighted by molar-refractivity contribution is 5.70. The van der Waals surface area contributed by atoms with Gasteiger partial charge < -0.3 is 14.3 Å². The second-order valence-electron chi connectivity index (χ2n) is 5.37. The first kappa shape index (κ1) is 13.6. The normalized spacial score (nSPS) is 15.5. The predicted molar refractivity (Wildman–Crippen MR) is 76.1 cm³/mol. The van der Waals surface area contributed by atoms with Crippen LogP contribution in [-0.2, 0) is 16.6 Å². The molecule has 3 rings (SSSR count). The predicted octanol–water partition coefficient (Wildman–Crippen LogP) is 3.25. The second-order valence-corrected chi connectivity index (χ2v) is 5.37. The topological polar surface area (TPSA) is 35.5 Å². The van der Waals surface area contributed by atoms with E-state index in [2.05, 4.69) is 0 Å². The number of carbonyl (C=O) groups excluding carboxylic acids is 1. The highest BCUT2D eigenvalue weighted by Crippen LogP contribution is 2.37. The van der Waals surface area contributed by atoms with Gasteiger partial charge in [0.1, 0.15) is 12.1 Å². The van der Waals surface area contributed by atoms with Crippen LogP contribution in [0.4, 0.5) is 4.39 Å². The summed E-state index contributed by atoms with van der Waals surface area (Å²) in [6, 6.07) is 11.9. The van der Waals surface area contributed by atoms with Gasteiger partial charge in [-0.1, -0.05) is 24.3 Å². The van der Waals surface area contributed by atoms with E-state index in [1.807, 2.05) is 6.07 Å². The van der Waals surface area contributed by atoms with Crippen molar-refractivity contribution in [2.45, 2.75) is 18.8 Å². The summed E-state index contributed by atoms with van der Waals surface area (Å²) in [6.07, 6.45) is 1.15. The molecule has 1 aliphatic rings. The van der Waals surface area contributed by atoms with E-state index in [0.717, 1.165) is 11.8 Å². The third kappa shape index (κ3) is 2.49. The lowest BCUT2D eigenvalue weighted by molar-refractivity contribution is -0.112. The van der Waals surface area contributed by atoms with E-state index in [0.29, 0.717) is 23.5 Å². The molecule has 0 N–H and O–H groups in total. The van der Waals surface area contributed by atoms with Crippen LogP contribution in [0.2, 0.25) is 0 Å². The zero-order valence-electron chi connectivity index (χ0n) is 11.6. The van der Waals surface area contributed by atoms with Crippen molar-refractivity contribution in [1.29, 1.82) is 0 Å². The molecule has 0 amide bonds. The van der Waals surface area contributed by atoms with Crippen molar-refractivity contribution in [2.75, 3.05) is 6.79 Å². The van der Waals surface area contributed by atoms with Gasteiger partial charge in [-0.3, -0.25) is 0 Å². The molecule has 0 aliphatic carbocycles. The SMILES string of the molecule is CC(C=O)(Cc1ccccc1F)c1ccc2c(c1)OCO2. The van der Waals surface area contributed by atoms with Crippen LogP contribution in [0.3, 0.4) is 0 Å². The van der Waals surface area contributed by atoms with Crippen LogP contribution in [0, 0.1) is 5.82 Å². The number of carbonyl (C=O) groups is 1. The fourth-order valence-electron chi connectivity index (χ4n) is 2.50. The Bertz CT molecular complexity index is 683. The van der Waals surface area contributed by atoms with Crippen molar-refractivity contribution in [2.24, 2.45) is 0 Å². The molecule has 1 heterocycles. The molecule has 0 fully saturated rings. The molecule has 1 aliphatic heterocycles. The summed E-state index contributed by atoms with van der Waals surface area (Å²) in [4.78, 5) is 11.6. The van der Waals surface area contributed by atoms with E-state index >= 15 is 0 Å². The molecular formula is C17H15FO3. The van der Waals surface area contributed by atoms with Crippen molar-refractivity contribution >= 4 is 6.29 Å². The molecule has 0 radical (unpaired) electrons. The van der Waals surface area contributed by atoms with E-state index < -0.39 is 5.41 Å². The average molecular weight is 286 g/mol. The van der Waals surface area contributed by atoms with Crippen molar-refractivity contribution in [3.63, 3.8) is 0 Å². The van der Waals surface area contributed by atoms with E-state index in [-0.39, 0.29) is 12.6 Å². The minimum atomic E-state index is -0.816. The molecule has 0 saturated heterocycles. The van der Waals surface area contributed by atoms with E-state index in [4.69, 9.17) is 9.47 Å². The minimum absolute atomic E-state index is 0.184. The minimum Gasteiger partial charge on any atom is -0.454 e. The first-order valence-corrected chi connectivity index (χ1v) is 6.72. The fraction of sp³-hybridized carbons (Fsp3) is 0.235. The molecular weight excluding hydrogens is 271 g/mol. The molecule has 21 heavy (non-hydrogen) atoms. The largest absolute Gasteiger partial charge is 0.454 e. The number of aldehydes is 1. The summed E-state index contributed by atoms with van der Waals surface area (Å²) in [5.41, 5.74) is 0.484. The van der Waals surface area contributed by atoms with Crippen molar-refractivity contribution in [1.82, 2.24) is 0 Å². The molecule has 0 saturated carbocycles. The zero-order valence-corrected chi connectivity index (χ0v) is 11.6. The molecule has 0 aromatic heterocycles. The maximum Gasteiger partial charge on any atom is 0.231 e. The molecule has 108 valence electrons. The highest BCUT2D eigenvalue weighted by Gasteiger charge is 2.29. The Labute approximate surface area is 122 Å². The quantitative estimate of drug-likeness (QED) is 0.809. The number of hydrogen-bond donors (Lipinski definition) is 0. The molecule has 0 bridgehead atoms. The summed E-state index contributed by atoms with van der Waals surface area (Å²) in [5.74, 6) is 0.985. The summed E-state index contributed by atoms with van der Waals surface area (Å²) < 4.78 is 24.4. The first-order valence-electron chi connectivity index (χ1n) is 6.72. The van der Waals surface area contributed by atoms with Crippen LogP contribution in [0.1, 0.15) is 18.1 Å². The van der Waals surface area contributed by atoms with Crippen molar-refractivity contribution in [3.8, 4) is 11.5 Å². The van der Waals surface area contributed by atoms with Gasteiger partial charge in [-0.2, -0.15) is 0 Å². The van der Waals surface area contributed by atoms with E-state index in [1.165, 1.54) is 6.07 Å². The van der Waals surface area contributed by atoms with Gasteiger partial charge in [0.15, 0.2) is 11.5 Å². The molecule has 3 nitrogen and oxygen atoms in total. The Hall–Kier alpha value is -2.36. The van der Waals surface area contributed by atoms with Crippen LogP contribution in [-0.4, -0.2) is 13.1 Å². The zero-order chi connectivity index (χ0) is 14.9. The third-order valence-corrected chi connectivity index (χ3v) is 3.81. The number of ether oxygens (including phenoxy) is 2. The van der Waals surface area contributed by atoms with Crippen LogP contribution < -0.4 is 9.47 Å². The Balaban J connectivity index is 1.96. The lowest BCUT2D eigenvalue weighted by Crippen LogP contribution is -2.27. The third-order valence-electron chi connectivity index (χ3n) is 3.81. The van der Waals surface area contributed by atoms with Gasteiger partial charge in [-0.15, -0.1) is 0 Å². The molecule has 0 spiro atoms. The smallest absolute Gasteiger partial charge is 0.231 e. The summed E-state index contributed by atoms with van der Waals surface area (Å²) in [6.45, 7) is 1.98. The number of hydrogen-bond acceptors (Lipinski definition) is 3. The van der Waals surface area contributed by atoms with Gasteiger partial charge in [-0.25, -0.2) is 4.39 Å². The Morgan fingerprint density at radius 1 is 1.19 bits per heavy atom. The van der Waals surface area contributed by atoms with Crippen LogP contribution >= 0.6 is 0 Å². The van der Waals surface area contributed by atoms with Crippen LogP contribution in [0.5, 0.6) is 11.5 Å². The van der Waals surface area contributed by atoms with Crippen LogP contribution in [0.25, 0.3) is 0 Å². The maximum absolute atomic E-state index is 13.8. The number of halogens is 1. The Morgan fingerprint density at radius 3 is 2.71 bits per heavy atom. The standard InChI is InChI=1S/C17H15FO3/c1-17(10-19,9-12-4-2-3-5-14(12)18)13-6-7-15-16(8-13)21-11-20-15/h2-8,10H,9,11H2,1H3. The van der Waals surface area contributed by atoms with Crippen LogP contribution in [0.15, 0.2) is 42.5 Å². The second kappa shape index (κ2) is 5.20. The van der Waals surface area contributed by atoms with Gasteiger partial charge in [-0.05, 0) is 42.7 Å². The molecule has 1 atom stereocenters. The Morgan fingerprint density at radius 2 is 1.95 bits per heavy atom. The van der Waals surface area contributed by atoms with Gasteiger partial charge in [0, 0.05) is 0 Å². The lowest BCUT2D eigenvalue weighted by Gasteiger charge is -2.24. The fourth-order valence-corrected chi connectivity index (χ4v) is 2.50. The van der Waals surface area contributed by atoms with Gasteiger partial charge in [0.05, 0.1) is 5.41 Å². The van der Waals surface area contributed by atoms with E-state index in [9.17, 15) is 9.18 Å². The van der Waals surface area contributed by atoms with E-state index in [1.54, 1.807) is 37.3 Å². The number of rotatable bonds is 4. The van der Waals surface area contributed by atoms with Gasteiger partial charge in [0.25, 0.3) is 0 Å². The van der Waals surface area contributed by atoms with Gasteiger partial charge in [0.2, 0.25) is 6.79 Å². The lowest BCUT2D eigenvalue weighted by atomic mass is 9.78. The molecule has 4 heteroatoms. The summed E-state index contributed by atoms with van der Waals surface area (Å²) in [7, 11) is 0.